The Morgan fingerprint density at radius 3 is 3.07 bits per heavy atom. The van der Waals surface area contributed by atoms with Gasteiger partial charge in [0.2, 0.25) is 0 Å². The number of hydrogen-bond acceptors (Lipinski definition) is 4. The van der Waals surface area contributed by atoms with E-state index in [4.69, 9.17) is 4.42 Å². The molecule has 0 amide bonds. The van der Waals surface area contributed by atoms with Crippen LogP contribution in [-0.4, -0.2) is 18.3 Å². The Labute approximate surface area is 87.8 Å². The molecule has 0 bridgehead atoms. The SMILES string of the molecule is COC(=O)CC(C)SCc1ccco1. The van der Waals surface area contributed by atoms with Crippen molar-refractivity contribution in [3.05, 3.63) is 24.2 Å². The molecule has 0 saturated carbocycles. The highest BCUT2D eigenvalue weighted by atomic mass is 32.2. The summed E-state index contributed by atoms with van der Waals surface area (Å²) in [6, 6.07) is 3.79. The summed E-state index contributed by atoms with van der Waals surface area (Å²) in [7, 11) is 1.41. The van der Waals surface area contributed by atoms with E-state index in [1.165, 1.54) is 7.11 Å². The van der Waals surface area contributed by atoms with E-state index >= 15 is 0 Å². The Hall–Kier alpha value is -0.900. The van der Waals surface area contributed by atoms with E-state index in [0.717, 1.165) is 11.5 Å². The molecule has 1 aromatic heterocycles. The van der Waals surface area contributed by atoms with Crippen LogP contribution in [0.5, 0.6) is 0 Å². The van der Waals surface area contributed by atoms with Gasteiger partial charge in [0.15, 0.2) is 0 Å². The van der Waals surface area contributed by atoms with Crippen LogP contribution >= 0.6 is 11.8 Å². The lowest BCUT2D eigenvalue weighted by Crippen LogP contribution is -2.08. The van der Waals surface area contributed by atoms with Crippen molar-refractivity contribution in [1.82, 2.24) is 0 Å². The number of carbonyl (C=O) groups is 1. The second kappa shape index (κ2) is 5.75. The van der Waals surface area contributed by atoms with Gasteiger partial charge < -0.3 is 9.15 Å². The Morgan fingerprint density at radius 2 is 2.50 bits per heavy atom. The number of ether oxygens (including phenoxy) is 1. The minimum atomic E-state index is -0.163. The Balaban J connectivity index is 2.21. The Kier molecular flexibility index (Phi) is 4.59. The molecule has 0 radical (unpaired) electrons. The van der Waals surface area contributed by atoms with Gasteiger partial charge in [-0.25, -0.2) is 0 Å². The number of hydrogen-bond donors (Lipinski definition) is 0. The normalized spacial score (nSPS) is 12.4. The van der Waals surface area contributed by atoms with Gasteiger partial charge in [-0.15, -0.1) is 0 Å². The van der Waals surface area contributed by atoms with Crippen LogP contribution in [0.3, 0.4) is 0 Å². The molecule has 1 atom stereocenters. The minimum absolute atomic E-state index is 0.163. The third-order valence-electron chi connectivity index (χ3n) is 1.77. The average Bonchev–Trinajstić information content (AvgIpc) is 2.67. The predicted octanol–water partition coefficient (Wildman–Crippen LogP) is 2.46. The summed E-state index contributed by atoms with van der Waals surface area (Å²) in [5, 5.41) is 0.257. The van der Waals surface area contributed by atoms with Crippen molar-refractivity contribution in [2.75, 3.05) is 7.11 Å². The second-order valence-corrected chi connectivity index (χ2v) is 4.41. The number of carbonyl (C=O) groups excluding carboxylic acids is 1. The molecular weight excluding hydrogens is 200 g/mol. The molecule has 0 N–H and O–H groups in total. The van der Waals surface area contributed by atoms with Crippen LogP contribution in [0.2, 0.25) is 0 Å². The molecule has 4 heteroatoms. The Morgan fingerprint density at radius 1 is 1.71 bits per heavy atom. The molecule has 1 rings (SSSR count). The monoisotopic (exact) mass is 214 g/mol. The average molecular weight is 214 g/mol. The predicted molar refractivity (Wildman–Crippen MR) is 56.1 cm³/mol. The van der Waals surface area contributed by atoms with Crippen molar-refractivity contribution in [1.29, 1.82) is 0 Å². The van der Waals surface area contributed by atoms with E-state index in [-0.39, 0.29) is 11.2 Å². The largest absolute Gasteiger partial charge is 0.469 e. The van der Waals surface area contributed by atoms with Crippen molar-refractivity contribution < 1.29 is 13.9 Å². The molecule has 0 saturated heterocycles. The van der Waals surface area contributed by atoms with Gasteiger partial charge in [0.1, 0.15) is 5.76 Å². The highest BCUT2D eigenvalue weighted by Crippen LogP contribution is 2.20. The molecule has 1 unspecified atom stereocenters. The van der Waals surface area contributed by atoms with Gasteiger partial charge in [0.25, 0.3) is 0 Å². The fraction of sp³-hybridized carbons (Fsp3) is 0.500. The van der Waals surface area contributed by atoms with Crippen LogP contribution in [0.1, 0.15) is 19.1 Å². The molecule has 0 aromatic carbocycles. The molecule has 1 heterocycles. The summed E-state index contributed by atoms with van der Waals surface area (Å²) in [5.41, 5.74) is 0. The van der Waals surface area contributed by atoms with Gasteiger partial charge in [0, 0.05) is 5.25 Å². The van der Waals surface area contributed by atoms with E-state index in [0.29, 0.717) is 6.42 Å². The Bertz CT molecular complexity index is 269. The van der Waals surface area contributed by atoms with Crippen LogP contribution in [-0.2, 0) is 15.3 Å². The summed E-state index contributed by atoms with van der Waals surface area (Å²) in [5.74, 6) is 1.57. The summed E-state index contributed by atoms with van der Waals surface area (Å²) in [6.45, 7) is 2.00. The van der Waals surface area contributed by atoms with Crippen LogP contribution in [0.4, 0.5) is 0 Å². The highest BCUT2D eigenvalue weighted by Gasteiger charge is 2.10. The van der Waals surface area contributed by atoms with E-state index in [9.17, 15) is 4.79 Å². The summed E-state index contributed by atoms with van der Waals surface area (Å²) >= 11 is 1.68. The molecule has 0 spiro atoms. The van der Waals surface area contributed by atoms with Crippen molar-refractivity contribution in [2.45, 2.75) is 24.3 Å². The first kappa shape index (κ1) is 11.2. The van der Waals surface area contributed by atoms with Crippen molar-refractivity contribution in [3.63, 3.8) is 0 Å². The summed E-state index contributed by atoms with van der Waals surface area (Å²) in [6.07, 6.45) is 2.10. The number of thioether (sulfide) groups is 1. The summed E-state index contributed by atoms with van der Waals surface area (Å²) in [4.78, 5) is 10.9. The molecule has 0 aliphatic heterocycles. The smallest absolute Gasteiger partial charge is 0.306 e. The van der Waals surface area contributed by atoms with E-state index < -0.39 is 0 Å². The molecule has 3 nitrogen and oxygen atoms in total. The standard InChI is InChI=1S/C10H14O3S/c1-8(6-10(11)12-2)14-7-9-4-3-5-13-9/h3-5,8H,6-7H2,1-2H3. The van der Waals surface area contributed by atoms with Crippen LogP contribution in [0, 0.1) is 0 Å². The topological polar surface area (TPSA) is 39.4 Å². The van der Waals surface area contributed by atoms with Gasteiger partial charge >= 0.3 is 5.97 Å². The molecule has 78 valence electrons. The molecule has 14 heavy (non-hydrogen) atoms. The van der Waals surface area contributed by atoms with Gasteiger partial charge in [-0.1, -0.05) is 6.92 Å². The lowest BCUT2D eigenvalue weighted by molar-refractivity contribution is -0.140. The zero-order valence-corrected chi connectivity index (χ0v) is 9.17. The number of methoxy groups -OCH3 is 1. The molecule has 0 aliphatic rings. The maximum Gasteiger partial charge on any atom is 0.306 e. The van der Waals surface area contributed by atoms with Gasteiger partial charge in [0.05, 0.1) is 25.5 Å². The third-order valence-corrected chi connectivity index (χ3v) is 2.96. The molecule has 1 aromatic rings. The molecular formula is C10H14O3S. The highest BCUT2D eigenvalue weighted by molar-refractivity contribution is 7.99. The zero-order valence-electron chi connectivity index (χ0n) is 8.36. The van der Waals surface area contributed by atoms with Crippen molar-refractivity contribution in [3.8, 4) is 0 Å². The lowest BCUT2D eigenvalue weighted by Gasteiger charge is -2.07. The maximum atomic E-state index is 10.9. The van der Waals surface area contributed by atoms with Gasteiger partial charge in [-0.2, -0.15) is 11.8 Å². The van der Waals surface area contributed by atoms with Crippen LogP contribution < -0.4 is 0 Å². The minimum Gasteiger partial charge on any atom is -0.469 e. The number of esters is 1. The first-order chi connectivity index (χ1) is 6.72. The van der Waals surface area contributed by atoms with Crippen molar-refractivity contribution >= 4 is 17.7 Å². The summed E-state index contributed by atoms with van der Waals surface area (Å²) < 4.78 is 9.76. The fourth-order valence-electron chi connectivity index (χ4n) is 0.996. The van der Waals surface area contributed by atoms with Gasteiger partial charge in [-0.3, -0.25) is 4.79 Å². The molecule has 0 fully saturated rings. The molecule has 0 aliphatic carbocycles. The van der Waals surface area contributed by atoms with E-state index in [2.05, 4.69) is 4.74 Å². The maximum absolute atomic E-state index is 10.9. The quantitative estimate of drug-likeness (QED) is 0.706. The number of furan rings is 1. The zero-order chi connectivity index (χ0) is 10.4. The van der Waals surface area contributed by atoms with Crippen LogP contribution in [0.25, 0.3) is 0 Å². The van der Waals surface area contributed by atoms with E-state index in [1.807, 2.05) is 19.1 Å². The van der Waals surface area contributed by atoms with Crippen LogP contribution in [0.15, 0.2) is 22.8 Å². The van der Waals surface area contributed by atoms with Gasteiger partial charge in [-0.05, 0) is 12.1 Å². The third kappa shape index (κ3) is 3.87. The fourth-order valence-corrected chi connectivity index (χ4v) is 1.86. The first-order valence-corrected chi connectivity index (χ1v) is 5.48. The van der Waals surface area contributed by atoms with E-state index in [1.54, 1.807) is 18.0 Å². The first-order valence-electron chi connectivity index (χ1n) is 4.43. The second-order valence-electron chi connectivity index (χ2n) is 2.98. The number of rotatable bonds is 5. The lowest BCUT2D eigenvalue weighted by atomic mass is 10.3. The van der Waals surface area contributed by atoms with Crippen molar-refractivity contribution in [2.24, 2.45) is 0 Å².